The third kappa shape index (κ3) is 3.64. The van der Waals surface area contributed by atoms with Gasteiger partial charge in [-0.3, -0.25) is 0 Å². The molecule has 1 atom stereocenters. The van der Waals surface area contributed by atoms with Crippen molar-refractivity contribution >= 4 is 55.5 Å². The molecule has 0 aliphatic carbocycles. The highest BCUT2D eigenvalue weighted by atomic mass is 32.2. The maximum absolute atomic E-state index is 12.2. The second-order valence-electron chi connectivity index (χ2n) is 5.30. The lowest BCUT2D eigenvalue weighted by Crippen LogP contribution is -2.21. The molecule has 0 spiro atoms. The van der Waals surface area contributed by atoms with Gasteiger partial charge in [-0.2, -0.15) is 0 Å². The number of rotatable bonds is 6. The summed E-state index contributed by atoms with van der Waals surface area (Å²) in [6, 6.07) is 9.09. The number of anilines is 4. The van der Waals surface area contributed by atoms with Crippen molar-refractivity contribution < 1.29 is 18.1 Å². The second-order valence-corrected chi connectivity index (χ2v) is 9.35. The summed E-state index contributed by atoms with van der Waals surface area (Å²) in [7, 11) is -1.03. The van der Waals surface area contributed by atoms with Crippen LogP contribution in [0.4, 0.5) is 23.0 Å². The van der Waals surface area contributed by atoms with Gasteiger partial charge in [0.05, 0.1) is 5.69 Å². The molecule has 9 nitrogen and oxygen atoms in total. The normalized spacial score (nSPS) is 12.4. The van der Waals surface area contributed by atoms with Crippen molar-refractivity contribution in [2.24, 2.45) is 0 Å². The molecule has 1 unspecified atom stereocenters. The quantitative estimate of drug-likeness (QED) is 0.526. The molecule has 3 aromatic rings. The predicted octanol–water partition coefficient (Wildman–Crippen LogP) is 2.71. The monoisotopic (exact) mass is 413 g/mol. The minimum absolute atomic E-state index is 0.133. The van der Waals surface area contributed by atoms with Gasteiger partial charge in [0, 0.05) is 33.9 Å². The molecule has 2 heterocycles. The number of benzene rings is 1. The molecular formula is C14H15N5O4S3. The van der Waals surface area contributed by atoms with Crippen LogP contribution in [0.25, 0.3) is 0 Å². The Morgan fingerprint density at radius 1 is 1.15 bits per heavy atom. The Kier molecular flexibility index (Phi) is 5.11. The molecule has 3 N–H and O–H groups in total. The van der Waals surface area contributed by atoms with Gasteiger partial charge in [-0.1, -0.05) is 18.2 Å². The van der Waals surface area contributed by atoms with E-state index in [-0.39, 0.29) is 21.5 Å². The van der Waals surface area contributed by atoms with Gasteiger partial charge in [0.25, 0.3) is 10.0 Å². The van der Waals surface area contributed by atoms with Gasteiger partial charge < -0.3 is 20.3 Å². The summed E-state index contributed by atoms with van der Waals surface area (Å²) in [6.45, 7) is 0. The zero-order valence-corrected chi connectivity index (χ0v) is 16.2. The SMILES string of the molecule is CN(C)S(=O)(=O)c1scc(Nc2n[s+]([O-])nc2Nc2ccccc2)c1O. The Bertz CT molecular complexity index is 1010. The molecule has 0 radical (unpaired) electrons. The number of para-hydroxylation sites is 1. The first kappa shape index (κ1) is 18.5. The molecule has 26 heavy (non-hydrogen) atoms. The minimum atomic E-state index is -3.78. The number of hydrogen-bond donors (Lipinski definition) is 3. The number of sulfonamides is 1. The third-order valence-corrected chi connectivity index (χ3v) is 7.28. The molecule has 1 aromatic carbocycles. The van der Waals surface area contributed by atoms with Crippen LogP contribution in [0.5, 0.6) is 5.75 Å². The maximum Gasteiger partial charge on any atom is 0.255 e. The van der Waals surface area contributed by atoms with Gasteiger partial charge in [-0.25, -0.2) is 12.7 Å². The van der Waals surface area contributed by atoms with Gasteiger partial charge in [0.1, 0.15) is 0 Å². The van der Waals surface area contributed by atoms with Gasteiger partial charge in [0.2, 0.25) is 11.6 Å². The molecule has 0 saturated heterocycles. The number of nitrogens with zero attached hydrogens (tertiary/aromatic N) is 3. The molecule has 2 aromatic heterocycles. The number of aromatic nitrogens is 2. The Hall–Kier alpha value is -2.25. The van der Waals surface area contributed by atoms with Crippen LogP contribution in [-0.4, -0.2) is 45.2 Å². The lowest BCUT2D eigenvalue weighted by Gasteiger charge is -2.09. The highest BCUT2D eigenvalue weighted by Gasteiger charge is 2.27. The topological polar surface area (TPSA) is 131 Å². The van der Waals surface area contributed by atoms with Crippen LogP contribution in [-0.2, 0) is 10.0 Å². The summed E-state index contributed by atoms with van der Waals surface area (Å²) in [5.41, 5.74) is 0.848. The Labute approximate surface area is 157 Å². The van der Waals surface area contributed by atoms with Crippen LogP contribution < -0.4 is 10.6 Å². The van der Waals surface area contributed by atoms with E-state index in [9.17, 15) is 18.1 Å². The zero-order valence-electron chi connectivity index (χ0n) is 13.7. The van der Waals surface area contributed by atoms with Crippen molar-refractivity contribution in [3.63, 3.8) is 0 Å². The molecule has 0 fully saturated rings. The number of thiophene rings is 1. The van der Waals surface area contributed by atoms with Gasteiger partial charge in [0.15, 0.2) is 21.1 Å². The Morgan fingerprint density at radius 2 is 1.77 bits per heavy atom. The average Bonchev–Trinajstić information content (AvgIpc) is 3.12. The van der Waals surface area contributed by atoms with E-state index in [1.165, 1.54) is 19.5 Å². The summed E-state index contributed by atoms with van der Waals surface area (Å²) >= 11 is -0.941. The van der Waals surface area contributed by atoms with Crippen LogP contribution in [0.3, 0.4) is 0 Å². The van der Waals surface area contributed by atoms with Crippen LogP contribution in [0.2, 0.25) is 0 Å². The number of aromatic hydroxyl groups is 1. The van der Waals surface area contributed by atoms with Crippen LogP contribution >= 0.6 is 22.5 Å². The first-order valence-corrected chi connectivity index (χ1v) is 10.6. The van der Waals surface area contributed by atoms with E-state index in [1.54, 1.807) is 12.1 Å². The second kappa shape index (κ2) is 7.17. The summed E-state index contributed by atoms with van der Waals surface area (Å²) in [6.07, 6.45) is 0. The number of nitrogens with one attached hydrogen (secondary N) is 2. The zero-order chi connectivity index (χ0) is 18.9. The molecule has 138 valence electrons. The van der Waals surface area contributed by atoms with E-state index < -0.39 is 26.9 Å². The molecule has 0 aliphatic rings. The van der Waals surface area contributed by atoms with Crippen molar-refractivity contribution in [1.29, 1.82) is 0 Å². The van der Waals surface area contributed by atoms with E-state index in [4.69, 9.17) is 0 Å². The fourth-order valence-corrected chi connectivity index (χ4v) is 4.98. The Balaban J connectivity index is 1.90. The van der Waals surface area contributed by atoms with Crippen LogP contribution in [0.1, 0.15) is 0 Å². The van der Waals surface area contributed by atoms with Gasteiger partial charge >= 0.3 is 0 Å². The molecule has 3 rings (SSSR count). The van der Waals surface area contributed by atoms with Crippen molar-refractivity contribution in [2.45, 2.75) is 4.21 Å². The van der Waals surface area contributed by atoms with Crippen molar-refractivity contribution in [3.8, 4) is 5.75 Å². The fourth-order valence-electron chi connectivity index (χ4n) is 1.98. The molecule has 12 heteroatoms. The first-order chi connectivity index (χ1) is 12.3. The minimum Gasteiger partial charge on any atom is -0.546 e. The highest BCUT2D eigenvalue weighted by Crippen LogP contribution is 2.41. The predicted molar refractivity (Wildman–Crippen MR) is 101 cm³/mol. The van der Waals surface area contributed by atoms with E-state index in [2.05, 4.69) is 19.4 Å². The molecule has 0 amide bonds. The summed E-state index contributed by atoms with van der Waals surface area (Å²) in [5, 5.41) is 17.5. The van der Waals surface area contributed by atoms with E-state index in [0.29, 0.717) is 5.69 Å². The molecule has 0 saturated carbocycles. The highest BCUT2D eigenvalue weighted by molar-refractivity contribution is 7.91. The smallest absolute Gasteiger partial charge is 0.255 e. The summed E-state index contributed by atoms with van der Waals surface area (Å²) < 4.78 is 44.6. The van der Waals surface area contributed by atoms with Crippen LogP contribution in [0, 0.1) is 0 Å². The maximum atomic E-state index is 12.2. The number of hydrogen-bond acceptors (Lipinski definition) is 9. The van der Waals surface area contributed by atoms with Crippen LogP contribution in [0.15, 0.2) is 39.9 Å². The Morgan fingerprint density at radius 3 is 2.38 bits per heavy atom. The first-order valence-electron chi connectivity index (χ1n) is 7.21. The molecule has 0 bridgehead atoms. The fraction of sp³-hybridized carbons (Fsp3) is 0.143. The van der Waals surface area contributed by atoms with E-state index in [0.717, 1.165) is 15.6 Å². The third-order valence-electron chi connectivity index (χ3n) is 3.30. The van der Waals surface area contributed by atoms with Crippen molar-refractivity contribution in [1.82, 2.24) is 13.1 Å². The lowest BCUT2D eigenvalue weighted by molar-refractivity contribution is 0.460. The largest absolute Gasteiger partial charge is 0.546 e. The van der Waals surface area contributed by atoms with E-state index >= 15 is 0 Å². The average molecular weight is 414 g/mol. The standard InChI is InChI=1S/C14H15N5O4S3/c1-19(2)26(22,23)14-11(20)10(8-24-14)16-13-12(17-25(21)18-13)15-9-6-4-3-5-7-9/h3-8,20H,1-2H3,(H,15,17)(H,16,18). The molecular weight excluding hydrogens is 398 g/mol. The van der Waals surface area contributed by atoms with Gasteiger partial charge in [-0.15, -0.1) is 11.3 Å². The van der Waals surface area contributed by atoms with Crippen molar-refractivity contribution in [2.75, 3.05) is 24.7 Å². The van der Waals surface area contributed by atoms with E-state index in [1.807, 2.05) is 18.2 Å². The summed E-state index contributed by atoms with van der Waals surface area (Å²) in [4.78, 5) is 0. The summed E-state index contributed by atoms with van der Waals surface area (Å²) in [5.74, 6) is -0.0746. The molecule has 0 aliphatic heterocycles. The van der Waals surface area contributed by atoms with Gasteiger partial charge in [-0.05, 0) is 12.1 Å². The lowest BCUT2D eigenvalue weighted by atomic mass is 10.3. The van der Waals surface area contributed by atoms with Crippen molar-refractivity contribution in [3.05, 3.63) is 35.7 Å².